The molecule has 0 saturated heterocycles. The van der Waals surface area contributed by atoms with Gasteiger partial charge in [-0.25, -0.2) is 4.79 Å². The monoisotopic (exact) mass is 319 g/mol. The molecule has 0 aliphatic heterocycles. The number of nitrogens with zero attached hydrogens (tertiary/aromatic N) is 3. The van der Waals surface area contributed by atoms with E-state index in [2.05, 4.69) is 17.6 Å². The first-order valence-corrected chi connectivity index (χ1v) is 7.29. The number of fused-ring (bicyclic) bond motifs is 1. The number of nitriles is 1. The zero-order valence-electron chi connectivity index (χ0n) is 12.9. The second kappa shape index (κ2) is 5.97. The zero-order valence-corrected chi connectivity index (χ0v) is 12.9. The Labute approximate surface area is 137 Å². The van der Waals surface area contributed by atoms with Crippen molar-refractivity contribution in [3.05, 3.63) is 63.4 Å². The molecule has 3 aromatic rings. The average molecular weight is 319 g/mol. The second-order valence-electron chi connectivity index (χ2n) is 5.05. The molecule has 118 valence electrons. The van der Waals surface area contributed by atoms with E-state index >= 15 is 0 Å². The summed E-state index contributed by atoms with van der Waals surface area (Å²) >= 11 is 0. The van der Waals surface area contributed by atoms with E-state index in [1.54, 1.807) is 6.92 Å². The summed E-state index contributed by atoms with van der Waals surface area (Å²) in [7, 11) is 0. The molecule has 0 spiro atoms. The Hall–Kier alpha value is -3.46. The third kappa shape index (κ3) is 2.32. The third-order valence-corrected chi connectivity index (χ3v) is 3.65. The number of ether oxygens (including phenoxy) is 1. The van der Waals surface area contributed by atoms with Crippen LogP contribution in [0.4, 0.5) is 0 Å². The number of hydrogen-bond acceptors (Lipinski definition) is 5. The molecule has 2 heterocycles. The van der Waals surface area contributed by atoms with Gasteiger partial charge in [0.2, 0.25) is 0 Å². The Morgan fingerprint density at radius 1 is 1.38 bits per heavy atom. The molecule has 24 heavy (non-hydrogen) atoms. The van der Waals surface area contributed by atoms with Gasteiger partial charge in [-0.2, -0.15) is 10.2 Å². The van der Waals surface area contributed by atoms with Crippen LogP contribution in [0.2, 0.25) is 0 Å². The fraction of sp³-hybridized carbons (Fsp3) is 0.111. The normalized spacial score (nSPS) is 10.5. The molecular weight excluding hydrogens is 306 g/mol. The van der Waals surface area contributed by atoms with Gasteiger partial charge in [0.15, 0.2) is 5.65 Å². The van der Waals surface area contributed by atoms with Crippen LogP contribution in [0.25, 0.3) is 23.4 Å². The van der Waals surface area contributed by atoms with Gasteiger partial charge in [0.1, 0.15) is 17.2 Å². The highest BCUT2D eigenvalue weighted by atomic mass is 16.5. The number of rotatable bonds is 3. The Kier molecular flexibility index (Phi) is 3.84. The molecule has 6 heteroatoms. The molecule has 0 saturated carbocycles. The smallest absolute Gasteiger partial charge is 0.345 e. The number of hydrogen-bond donors (Lipinski definition) is 0. The molecular formula is C18H13N3O3. The van der Waals surface area contributed by atoms with E-state index < -0.39 is 11.5 Å². The lowest BCUT2D eigenvalue weighted by Gasteiger charge is -2.01. The highest BCUT2D eigenvalue weighted by molar-refractivity contribution is 5.89. The van der Waals surface area contributed by atoms with Gasteiger partial charge >= 0.3 is 5.97 Å². The lowest BCUT2D eigenvalue weighted by atomic mass is 10.0. The minimum atomic E-state index is -0.746. The van der Waals surface area contributed by atoms with Crippen molar-refractivity contribution in [1.82, 2.24) is 9.38 Å². The lowest BCUT2D eigenvalue weighted by molar-refractivity contribution is 0.0523. The van der Waals surface area contributed by atoms with Gasteiger partial charge in [0.05, 0.1) is 6.61 Å². The minimum absolute atomic E-state index is 0.151. The van der Waals surface area contributed by atoms with Crippen LogP contribution in [0.15, 0.2) is 41.3 Å². The van der Waals surface area contributed by atoms with E-state index in [9.17, 15) is 14.9 Å². The van der Waals surface area contributed by atoms with Gasteiger partial charge in [-0.05, 0) is 12.5 Å². The quantitative estimate of drug-likeness (QED) is 0.684. The summed E-state index contributed by atoms with van der Waals surface area (Å²) in [4.78, 5) is 27.9. The third-order valence-electron chi connectivity index (χ3n) is 3.65. The molecule has 0 aliphatic carbocycles. The number of carbonyl (C=O) groups is 1. The molecule has 6 nitrogen and oxygen atoms in total. The highest BCUT2D eigenvalue weighted by Crippen LogP contribution is 2.22. The van der Waals surface area contributed by atoms with Crippen LogP contribution in [-0.2, 0) is 4.74 Å². The SMILES string of the molecule is C=c1c(-c2ccccc2)c(C#N)c2nc(=O)c(C(=O)OCC)cn12. The molecule has 2 aromatic heterocycles. The highest BCUT2D eigenvalue weighted by Gasteiger charge is 2.20. The number of esters is 1. The zero-order chi connectivity index (χ0) is 17.3. The van der Waals surface area contributed by atoms with Gasteiger partial charge in [-0.1, -0.05) is 36.9 Å². The average Bonchev–Trinajstić information content (AvgIpc) is 2.86. The van der Waals surface area contributed by atoms with Crippen LogP contribution < -0.4 is 10.9 Å². The summed E-state index contributed by atoms with van der Waals surface area (Å²) in [5, 5.41) is 10.00. The van der Waals surface area contributed by atoms with E-state index in [1.165, 1.54) is 10.6 Å². The predicted octanol–water partition coefficient (Wildman–Crippen LogP) is 1.54. The maximum Gasteiger partial charge on any atom is 0.345 e. The van der Waals surface area contributed by atoms with Gasteiger partial charge < -0.3 is 4.74 Å². The molecule has 0 atom stereocenters. The Bertz CT molecular complexity index is 1080. The summed E-state index contributed by atoms with van der Waals surface area (Å²) in [5.74, 6) is -0.746. The molecule has 3 rings (SSSR count). The lowest BCUT2D eigenvalue weighted by Crippen LogP contribution is -2.23. The maximum atomic E-state index is 12.1. The molecule has 0 N–H and O–H groups in total. The van der Waals surface area contributed by atoms with Crippen LogP contribution in [0.3, 0.4) is 0 Å². The van der Waals surface area contributed by atoms with E-state index in [4.69, 9.17) is 4.74 Å². The van der Waals surface area contributed by atoms with Gasteiger partial charge in [0, 0.05) is 17.1 Å². The first-order valence-electron chi connectivity index (χ1n) is 7.29. The van der Waals surface area contributed by atoms with Crippen molar-refractivity contribution in [3.8, 4) is 17.2 Å². The van der Waals surface area contributed by atoms with Crippen molar-refractivity contribution in [2.45, 2.75) is 6.92 Å². The van der Waals surface area contributed by atoms with E-state index in [0.717, 1.165) is 5.56 Å². The Morgan fingerprint density at radius 3 is 2.71 bits per heavy atom. The summed E-state index contributed by atoms with van der Waals surface area (Å²) in [6, 6.07) is 11.3. The predicted molar refractivity (Wildman–Crippen MR) is 88.3 cm³/mol. The molecule has 0 aliphatic rings. The standard InChI is InChI=1S/C18H13N3O3/c1-3-24-18(23)14-10-21-11(2)15(12-7-5-4-6-8-12)13(9-19)16(21)20-17(14)22/h4-8,10H,2-3H2,1H3. The van der Waals surface area contributed by atoms with Crippen LogP contribution in [-0.4, -0.2) is 22.0 Å². The van der Waals surface area contributed by atoms with Crippen LogP contribution in [0.5, 0.6) is 0 Å². The van der Waals surface area contributed by atoms with E-state index in [1.807, 2.05) is 30.3 Å². The maximum absolute atomic E-state index is 12.1. The van der Waals surface area contributed by atoms with Crippen molar-refractivity contribution >= 4 is 18.2 Å². The molecule has 1 aromatic carbocycles. The number of benzene rings is 1. The van der Waals surface area contributed by atoms with Gasteiger partial charge in [0.25, 0.3) is 5.56 Å². The fourth-order valence-corrected chi connectivity index (χ4v) is 2.58. The summed E-state index contributed by atoms with van der Waals surface area (Å²) in [5.41, 5.74) is 0.890. The topological polar surface area (TPSA) is 84.5 Å². The van der Waals surface area contributed by atoms with Crippen LogP contribution >= 0.6 is 0 Å². The largest absolute Gasteiger partial charge is 0.462 e. The van der Waals surface area contributed by atoms with Crippen molar-refractivity contribution in [1.29, 1.82) is 5.26 Å². The van der Waals surface area contributed by atoms with Crippen molar-refractivity contribution in [2.75, 3.05) is 6.61 Å². The Balaban J connectivity index is 2.36. The van der Waals surface area contributed by atoms with Crippen molar-refractivity contribution in [2.24, 2.45) is 0 Å². The van der Waals surface area contributed by atoms with E-state index in [-0.39, 0.29) is 23.4 Å². The fourth-order valence-electron chi connectivity index (χ4n) is 2.58. The minimum Gasteiger partial charge on any atom is -0.462 e. The molecule has 0 unspecified atom stereocenters. The molecule has 0 radical (unpaired) electrons. The molecule has 0 bridgehead atoms. The molecule has 0 amide bonds. The first kappa shape index (κ1) is 15.4. The van der Waals surface area contributed by atoms with Crippen molar-refractivity contribution < 1.29 is 9.53 Å². The van der Waals surface area contributed by atoms with E-state index in [0.29, 0.717) is 10.9 Å². The second-order valence-corrected chi connectivity index (χ2v) is 5.05. The van der Waals surface area contributed by atoms with Crippen molar-refractivity contribution in [3.63, 3.8) is 0 Å². The number of aromatic nitrogens is 2. The van der Waals surface area contributed by atoms with Crippen LogP contribution in [0.1, 0.15) is 22.8 Å². The molecule has 0 fully saturated rings. The summed E-state index contributed by atoms with van der Waals surface area (Å²) < 4.78 is 6.35. The number of carbonyl (C=O) groups excluding carboxylic acids is 1. The van der Waals surface area contributed by atoms with Gasteiger partial charge in [-0.3, -0.25) is 9.20 Å². The van der Waals surface area contributed by atoms with Gasteiger partial charge in [-0.15, -0.1) is 0 Å². The summed E-state index contributed by atoms with van der Waals surface area (Å²) in [6.07, 6.45) is 1.33. The Morgan fingerprint density at radius 2 is 2.08 bits per heavy atom. The van der Waals surface area contributed by atoms with Crippen LogP contribution in [0, 0.1) is 11.3 Å². The first-order chi connectivity index (χ1) is 11.6. The summed E-state index contributed by atoms with van der Waals surface area (Å²) in [6.45, 7) is 5.79.